The zero-order chi connectivity index (χ0) is 7.40. The molecule has 1 aromatic heterocycles. The molecule has 1 heterocycles. The van der Waals surface area contributed by atoms with E-state index in [-0.39, 0.29) is 0 Å². The zero-order valence-electron chi connectivity index (χ0n) is 5.58. The Labute approximate surface area is 73.8 Å². The molecule has 1 rings (SSSR count). The average Bonchev–Trinajstić information content (AvgIpc) is 2.40. The summed E-state index contributed by atoms with van der Waals surface area (Å²) in [6, 6.07) is 0. The fraction of sp³-hybridized carbons (Fsp3) is 0.500. The van der Waals surface area contributed by atoms with E-state index in [1.807, 2.05) is 11.6 Å². The second kappa shape index (κ2) is 4.21. The summed E-state index contributed by atoms with van der Waals surface area (Å²) >= 11 is 9.01. The summed E-state index contributed by atoms with van der Waals surface area (Å²) in [6.07, 6.45) is 1.81. The second-order valence-electron chi connectivity index (χ2n) is 1.88. The smallest absolute Gasteiger partial charge is 0.150 e. The van der Waals surface area contributed by atoms with E-state index in [1.54, 1.807) is 23.1 Å². The highest BCUT2D eigenvalue weighted by Crippen LogP contribution is 2.25. The van der Waals surface area contributed by atoms with Gasteiger partial charge in [-0.15, -0.1) is 22.9 Å². The third-order valence-corrected chi connectivity index (χ3v) is 3.59. The van der Waals surface area contributed by atoms with Gasteiger partial charge in [0.15, 0.2) is 0 Å². The maximum atomic E-state index is 5.62. The van der Waals surface area contributed by atoms with Gasteiger partial charge >= 0.3 is 0 Å². The fourth-order valence-electron chi connectivity index (χ4n) is 0.472. The molecule has 0 aliphatic carbocycles. The van der Waals surface area contributed by atoms with E-state index in [2.05, 4.69) is 11.9 Å². The number of halogens is 1. The van der Waals surface area contributed by atoms with Gasteiger partial charge < -0.3 is 0 Å². The molecule has 0 aliphatic rings. The Morgan fingerprint density at radius 1 is 1.90 bits per heavy atom. The number of thiazole rings is 1. The van der Waals surface area contributed by atoms with Gasteiger partial charge in [0.2, 0.25) is 0 Å². The van der Waals surface area contributed by atoms with Crippen LogP contribution in [0.5, 0.6) is 0 Å². The third kappa shape index (κ3) is 2.48. The molecule has 0 saturated heterocycles. The molecule has 4 heteroatoms. The van der Waals surface area contributed by atoms with Crippen molar-refractivity contribution in [2.24, 2.45) is 0 Å². The minimum atomic E-state index is 0.466. The lowest BCUT2D eigenvalue weighted by Gasteiger charge is -2.01. The second-order valence-corrected chi connectivity index (χ2v) is 4.77. The Balaban J connectivity index is 2.40. The SMILES string of the molecule is CC(CCl)Sc1nccs1. The molecule has 56 valence electrons. The van der Waals surface area contributed by atoms with Crippen LogP contribution in [-0.4, -0.2) is 16.1 Å². The minimum Gasteiger partial charge on any atom is -0.238 e. The van der Waals surface area contributed by atoms with Crippen molar-refractivity contribution in [1.82, 2.24) is 4.98 Å². The molecule has 0 amide bonds. The van der Waals surface area contributed by atoms with Crippen molar-refractivity contribution in [2.75, 3.05) is 5.88 Å². The van der Waals surface area contributed by atoms with E-state index in [1.165, 1.54) is 0 Å². The van der Waals surface area contributed by atoms with Crippen LogP contribution < -0.4 is 0 Å². The summed E-state index contributed by atoms with van der Waals surface area (Å²) in [7, 11) is 0. The van der Waals surface area contributed by atoms with Crippen LogP contribution in [0.3, 0.4) is 0 Å². The van der Waals surface area contributed by atoms with Crippen molar-refractivity contribution in [3.63, 3.8) is 0 Å². The lowest BCUT2D eigenvalue weighted by Crippen LogP contribution is -1.95. The van der Waals surface area contributed by atoms with E-state index < -0.39 is 0 Å². The van der Waals surface area contributed by atoms with E-state index in [9.17, 15) is 0 Å². The van der Waals surface area contributed by atoms with E-state index in [4.69, 9.17) is 11.6 Å². The van der Waals surface area contributed by atoms with Gasteiger partial charge in [0.05, 0.1) is 0 Å². The first-order chi connectivity index (χ1) is 4.83. The molecular weight excluding hydrogens is 186 g/mol. The molecule has 1 unspecified atom stereocenters. The van der Waals surface area contributed by atoms with Gasteiger partial charge in [-0.3, -0.25) is 0 Å². The Hall–Kier alpha value is 0.270. The molecule has 0 saturated carbocycles. The van der Waals surface area contributed by atoms with E-state index in [0.717, 1.165) is 4.34 Å². The normalized spacial score (nSPS) is 13.4. The highest BCUT2D eigenvalue weighted by molar-refractivity contribution is 8.01. The summed E-state index contributed by atoms with van der Waals surface area (Å²) in [5.74, 6) is 0.685. The van der Waals surface area contributed by atoms with Gasteiger partial charge in [0, 0.05) is 22.7 Å². The molecule has 1 aromatic rings. The van der Waals surface area contributed by atoms with Crippen LogP contribution in [0.4, 0.5) is 0 Å². The molecule has 1 nitrogen and oxygen atoms in total. The van der Waals surface area contributed by atoms with Crippen molar-refractivity contribution in [3.8, 4) is 0 Å². The Morgan fingerprint density at radius 2 is 2.70 bits per heavy atom. The van der Waals surface area contributed by atoms with Gasteiger partial charge in [0.1, 0.15) is 4.34 Å². The standard InChI is InChI=1S/C6H8ClNS2/c1-5(4-7)10-6-8-2-3-9-6/h2-3,5H,4H2,1H3. The van der Waals surface area contributed by atoms with Crippen LogP contribution in [0, 0.1) is 0 Å². The first kappa shape index (κ1) is 8.37. The monoisotopic (exact) mass is 193 g/mol. The van der Waals surface area contributed by atoms with Gasteiger partial charge in [-0.2, -0.15) is 0 Å². The summed E-state index contributed by atoms with van der Waals surface area (Å²) in [6.45, 7) is 2.10. The predicted molar refractivity (Wildman–Crippen MR) is 48.2 cm³/mol. The van der Waals surface area contributed by atoms with Gasteiger partial charge in [-0.1, -0.05) is 18.7 Å². The quantitative estimate of drug-likeness (QED) is 0.541. The van der Waals surface area contributed by atoms with E-state index >= 15 is 0 Å². The molecule has 0 radical (unpaired) electrons. The van der Waals surface area contributed by atoms with Crippen molar-refractivity contribution >= 4 is 34.7 Å². The molecule has 0 spiro atoms. The van der Waals surface area contributed by atoms with Crippen molar-refractivity contribution < 1.29 is 0 Å². The van der Waals surface area contributed by atoms with Crippen molar-refractivity contribution in [2.45, 2.75) is 16.5 Å². The zero-order valence-corrected chi connectivity index (χ0v) is 7.97. The van der Waals surface area contributed by atoms with Crippen molar-refractivity contribution in [3.05, 3.63) is 11.6 Å². The number of hydrogen-bond acceptors (Lipinski definition) is 3. The number of hydrogen-bond donors (Lipinski definition) is 0. The van der Waals surface area contributed by atoms with Crippen LogP contribution >= 0.6 is 34.7 Å². The first-order valence-electron chi connectivity index (χ1n) is 2.95. The maximum absolute atomic E-state index is 5.62. The maximum Gasteiger partial charge on any atom is 0.150 e. The number of alkyl halides is 1. The summed E-state index contributed by atoms with van der Waals surface area (Å²) in [4.78, 5) is 4.13. The van der Waals surface area contributed by atoms with Gasteiger partial charge in [0.25, 0.3) is 0 Å². The fourth-order valence-corrected chi connectivity index (χ4v) is 2.43. The number of rotatable bonds is 3. The third-order valence-electron chi connectivity index (χ3n) is 0.929. The Kier molecular flexibility index (Phi) is 3.52. The Morgan fingerprint density at radius 3 is 3.20 bits per heavy atom. The Bertz CT molecular complexity index is 176. The lowest BCUT2D eigenvalue weighted by atomic mass is 10.6. The largest absolute Gasteiger partial charge is 0.238 e. The topological polar surface area (TPSA) is 12.9 Å². The van der Waals surface area contributed by atoms with Crippen LogP contribution in [0.2, 0.25) is 0 Å². The summed E-state index contributed by atoms with van der Waals surface area (Å²) in [5.41, 5.74) is 0. The molecule has 0 bridgehead atoms. The molecular formula is C6H8ClNS2. The minimum absolute atomic E-state index is 0.466. The highest BCUT2D eigenvalue weighted by Gasteiger charge is 2.03. The summed E-state index contributed by atoms with van der Waals surface area (Å²) in [5, 5.41) is 2.44. The lowest BCUT2D eigenvalue weighted by molar-refractivity contribution is 1.11. The van der Waals surface area contributed by atoms with Crippen LogP contribution in [0.1, 0.15) is 6.92 Å². The van der Waals surface area contributed by atoms with Crippen LogP contribution in [0.25, 0.3) is 0 Å². The predicted octanol–water partition coefficient (Wildman–Crippen LogP) is 2.86. The number of aromatic nitrogens is 1. The average molecular weight is 194 g/mol. The molecule has 10 heavy (non-hydrogen) atoms. The summed E-state index contributed by atoms with van der Waals surface area (Å²) < 4.78 is 1.10. The van der Waals surface area contributed by atoms with Crippen LogP contribution in [0.15, 0.2) is 15.9 Å². The van der Waals surface area contributed by atoms with Crippen LogP contribution in [-0.2, 0) is 0 Å². The number of nitrogens with zero attached hydrogens (tertiary/aromatic N) is 1. The molecule has 0 aliphatic heterocycles. The molecule has 0 aromatic carbocycles. The molecule has 0 N–H and O–H groups in total. The van der Waals surface area contributed by atoms with E-state index in [0.29, 0.717) is 11.1 Å². The van der Waals surface area contributed by atoms with Gasteiger partial charge in [-0.25, -0.2) is 4.98 Å². The first-order valence-corrected chi connectivity index (χ1v) is 5.24. The molecule has 1 atom stereocenters. The number of thioether (sulfide) groups is 1. The van der Waals surface area contributed by atoms with Gasteiger partial charge in [-0.05, 0) is 0 Å². The molecule has 0 fully saturated rings. The highest BCUT2D eigenvalue weighted by atomic mass is 35.5. The van der Waals surface area contributed by atoms with Crippen molar-refractivity contribution in [1.29, 1.82) is 0 Å².